The Morgan fingerprint density at radius 1 is 1.00 bits per heavy atom. The summed E-state index contributed by atoms with van der Waals surface area (Å²) in [5.41, 5.74) is 13.7. The molecule has 0 aromatic heterocycles. The third-order valence-corrected chi connectivity index (χ3v) is 5.26. The molecule has 0 aliphatic rings. The molecule has 2 aromatic rings. The highest BCUT2D eigenvalue weighted by Crippen LogP contribution is 2.14. The third-order valence-electron chi connectivity index (χ3n) is 5.26. The van der Waals surface area contributed by atoms with Crippen LogP contribution in [0.2, 0.25) is 0 Å². The van der Waals surface area contributed by atoms with Crippen molar-refractivity contribution in [1.82, 2.24) is 4.90 Å². The lowest BCUT2D eigenvalue weighted by Crippen LogP contribution is -2.55. The topological polar surface area (TPSA) is 133 Å². The number of benzene rings is 2. The summed E-state index contributed by atoms with van der Waals surface area (Å²) in [6.45, 7) is 1.68. The first-order valence-corrected chi connectivity index (χ1v) is 10.4. The summed E-state index contributed by atoms with van der Waals surface area (Å²) in [7, 11) is 0. The van der Waals surface area contributed by atoms with Crippen LogP contribution in [0.3, 0.4) is 0 Å². The van der Waals surface area contributed by atoms with Crippen molar-refractivity contribution >= 4 is 24.2 Å². The Morgan fingerprint density at radius 2 is 1.50 bits per heavy atom. The van der Waals surface area contributed by atoms with E-state index in [4.69, 9.17) is 11.5 Å². The molecule has 0 bridgehead atoms. The summed E-state index contributed by atoms with van der Waals surface area (Å²) in [5, 5.41) is 10.9. The van der Waals surface area contributed by atoms with Gasteiger partial charge in [0.1, 0.15) is 6.04 Å². The fourth-order valence-corrected chi connectivity index (χ4v) is 3.45. The number of nitrogens with two attached hydrogens (primary N) is 2. The number of halogens is 1. The van der Waals surface area contributed by atoms with E-state index in [1.54, 1.807) is 0 Å². The molecule has 0 radical (unpaired) electrons. The van der Waals surface area contributed by atoms with Gasteiger partial charge in [-0.3, -0.25) is 19.7 Å². The van der Waals surface area contributed by atoms with Crippen LogP contribution >= 0.6 is 12.4 Å². The van der Waals surface area contributed by atoms with Crippen LogP contribution < -0.4 is 11.5 Å². The fourth-order valence-electron chi connectivity index (χ4n) is 3.45. The Morgan fingerprint density at radius 3 is 1.97 bits per heavy atom. The molecule has 0 saturated heterocycles. The number of rotatable bonds is 12. The summed E-state index contributed by atoms with van der Waals surface area (Å²) in [4.78, 5) is 37.5. The molecule has 0 aliphatic carbocycles. The molecule has 2 aromatic carbocycles. The minimum Gasteiger partial charge on any atom is -0.368 e. The van der Waals surface area contributed by atoms with Gasteiger partial charge in [0.25, 0.3) is 0 Å². The van der Waals surface area contributed by atoms with E-state index in [0.717, 1.165) is 11.1 Å². The Kier molecular flexibility index (Phi) is 11.4. The molecule has 3 atom stereocenters. The molecule has 0 spiro atoms. The van der Waals surface area contributed by atoms with Gasteiger partial charge in [-0.1, -0.05) is 60.7 Å². The molecule has 174 valence electrons. The van der Waals surface area contributed by atoms with Gasteiger partial charge in [0, 0.05) is 31.2 Å². The Hall–Kier alpha value is -2.97. The second kappa shape index (κ2) is 13.4. The first kappa shape index (κ1) is 27.1. The maximum absolute atomic E-state index is 13.3. The summed E-state index contributed by atoms with van der Waals surface area (Å²) < 4.78 is 0. The third kappa shape index (κ3) is 8.28. The van der Waals surface area contributed by atoms with Crippen LogP contribution in [0.25, 0.3) is 0 Å². The Balaban J connectivity index is 0.00000512. The highest BCUT2D eigenvalue weighted by atomic mass is 35.5. The van der Waals surface area contributed by atoms with Gasteiger partial charge in [-0.2, -0.15) is 0 Å². The molecule has 2 rings (SSSR count). The number of nitro groups is 1. The number of carbonyl (C=O) groups is 2. The molecular weight excluding hydrogens is 432 g/mol. The van der Waals surface area contributed by atoms with Crippen LogP contribution in [-0.4, -0.2) is 46.3 Å². The van der Waals surface area contributed by atoms with Crippen molar-refractivity contribution in [3.8, 4) is 0 Å². The molecule has 0 fully saturated rings. The zero-order valence-corrected chi connectivity index (χ0v) is 18.9. The largest absolute Gasteiger partial charge is 0.368 e. The van der Waals surface area contributed by atoms with Crippen molar-refractivity contribution in [2.75, 3.05) is 6.54 Å². The van der Waals surface area contributed by atoms with E-state index in [9.17, 15) is 19.7 Å². The lowest BCUT2D eigenvalue weighted by Gasteiger charge is -2.32. The van der Waals surface area contributed by atoms with Gasteiger partial charge in [0.15, 0.2) is 0 Å². The van der Waals surface area contributed by atoms with Crippen molar-refractivity contribution in [2.24, 2.45) is 11.5 Å². The van der Waals surface area contributed by atoms with Crippen LogP contribution in [-0.2, 0) is 22.4 Å². The number of nitrogens with zero attached hydrogens (tertiary/aromatic N) is 2. The minimum atomic E-state index is -0.886. The van der Waals surface area contributed by atoms with E-state index in [2.05, 4.69) is 0 Å². The smallest absolute Gasteiger partial charge is 0.240 e. The molecule has 0 heterocycles. The van der Waals surface area contributed by atoms with Crippen LogP contribution in [0, 0.1) is 10.1 Å². The van der Waals surface area contributed by atoms with Gasteiger partial charge in [-0.25, -0.2) is 0 Å². The van der Waals surface area contributed by atoms with E-state index in [0.29, 0.717) is 12.8 Å². The zero-order valence-electron chi connectivity index (χ0n) is 18.1. The quantitative estimate of drug-likeness (QED) is 0.369. The minimum absolute atomic E-state index is 0. The molecule has 0 aliphatic heterocycles. The van der Waals surface area contributed by atoms with Crippen LogP contribution in [0.15, 0.2) is 60.7 Å². The number of hydrogen-bond donors (Lipinski definition) is 2. The number of carbonyl (C=O) groups excluding carboxylic acids is 2. The predicted octanol–water partition coefficient (Wildman–Crippen LogP) is 2.35. The zero-order chi connectivity index (χ0) is 22.8. The van der Waals surface area contributed by atoms with E-state index < -0.39 is 29.9 Å². The maximum Gasteiger partial charge on any atom is 0.240 e. The van der Waals surface area contributed by atoms with E-state index >= 15 is 0 Å². The normalized spacial score (nSPS) is 13.3. The standard InChI is InChI=1S/C23H30N4O4.ClH/c1-17(27(30)31)9-8-14-26(21(22(25)28)16-19-12-6-3-7-13-19)23(29)20(24)15-18-10-4-2-5-11-18;/h2-7,10-13,17,20-21H,8-9,14-16,24H2,1H3,(H2,25,28);1H/t17?,20-,21-;/m0./s1. The van der Waals surface area contributed by atoms with Crippen molar-refractivity contribution in [1.29, 1.82) is 0 Å². The Labute approximate surface area is 194 Å². The van der Waals surface area contributed by atoms with Crippen LogP contribution in [0.4, 0.5) is 0 Å². The average molecular weight is 463 g/mol. The maximum atomic E-state index is 13.3. The van der Waals surface area contributed by atoms with Gasteiger partial charge < -0.3 is 16.4 Å². The van der Waals surface area contributed by atoms with E-state index in [-0.39, 0.29) is 36.7 Å². The summed E-state index contributed by atoms with van der Waals surface area (Å²) in [6.07, 6.45) is 1.22. The van der Waals surface area contributed by atoms with Gasteiger partial charge in [-0.05, 0) is 24.0 Å². The molecular formula is C23H31ClN4O4. The van der Waals surface area contributed by atoms with Crippen molar-refractivity contribution in [2.45, 2.75) is 50.7 Å². The average Bonchev–Trinajstić information content (AvgIpc) is 2.76. The monoisotopic (exact) mass is 462 g/mol. The predicted molar refractivity (Wildman–Crippen MR) is 126 cm³/mol. The number of amides is 2. The first-order chi connectivity index (χ1) is 14.8. The SMILES string of the molecule is CC(CCCN(C(=O)[C@@H](N)Cc1ccccc1)[C@@H](Cc1ccccc1)C(N)=O)[N+](=O)[O-].Cl. The van der Waals surface area contributed by atoms with Crippen LogP contribution in [0.1, 0.15) is 30.9 Å². The summed E-state index contributed by atoms with van der Waals surface area (Å²) in [6, 6.07) is 16.2. The highest BCUT2D eigenvalue weighted by molar-refractivity contribution is 5.89. The second-order valence-corrected chi connectivity index (χ2v) is 7.71. The van der Waals surface area contributed by atoms with Crippen molar-refractivity contribution < 1.29 is 14.5 Å². The van der Waals surface area contributed by atoms with Crippen molar-refractivity contribution in [3.05, 3.63) is 81.9 Å². The lowest BCUT2D eigenvalue weighted by molar-refractivity contribution is -0.519. The first-order valence-electron chi connectivity index (χ1n) is 10.4. The molecule has 0 saturated carbocycles. The summed E-state index contributed by atoms with van der Waals surface area (Å²) >= 11 is 0. The van der Waals surface area contributed by atoms with Crippen LogP contribution in [0.5, 0.6) is 0 Å². The van der Waals surface area contributed by atoms with E-state index in [1.165, 1.54) is 11.8 Å². The van der Waals surface area contributed by atoms with Gasteiger partial charge in [0.2, 0.25) is 17.9 Å². The van der Waals surface area contributed by atoms with E-state index in [1.807, 2.05) is 60.7 Å². The summed E-state index contributed by atoms with van der Waals surface area (Å²) in [5.74, 6) is -1.02. The van der Waals surface area contributed by atoms with Gasteiger partial charge in [0.05, 0.1) is 6.04 Å². The number of primary amides is 1. The Bertz CT molecular complexity index is 867. The highest BCUT2D eigenvalue weighted by Gasteiger charge is 2.31. The molecule has 9 heteroatoms. The van der Waals surface area contributed by atoms with Gasteiger partial charge >= 0.3 is 0 Å². The lowest BCUT2D eigenvalue weighted by atomic mass is 10.0. The fraction of sp³-hybridized carbons (Fsp3) is 0.391. The van der Waals surface area contributed by atoms with Crippen molar-refractivity contribution in [3.63, 3.8) is 0 Å². The molecule has 1 unspecified atom stereocenters. The molecule has 8 nitrogen and oxygen atoms in total. The van der Waals surface area contributed by atoms with Gasteiger partial charge in [-0.15, -0.1) is 12.4 Å². The number of hydrogen-bond acceptors (Lipinski definition) is 5. The molecule has 2 amide bonds. The molecule has 4 N–H and O–H groups in total. The molecule has 32 heavy (non-hydrogen) atoms. The second-order valence-electron chi connectivity index (χ2n) is 7.71.